The van der Waals surface area contributed by atoms with Crippen molar-refractivity contribution in [3.63, 3.8) is 0 Å². The van der Waals surface area contributed by atoms with Crippen LogP contribution in [0.4, 0.5) is 5.69 Å². The highest BCUT2D eigenvalue weighted by Crippen LogP contribution is 2.27. The lowest BCUT2D eigenvalue weighted by molar-refractivity contribution is -0.131. The van der Waals surface area contributed by atoms with Crippen LogP contribution in [0.25, 0.3) is 0 Å². The zero-order valence-corrected chi connectivity index (χ0v) is 14.9. The van der Waals surface area contributed by atoms with Gasteiger partial charge in [-0.2, -0.15) is 0 Å². The van der Waals surface area contributed by atoms with Crippen LogP contribution in [0.15, 0.2) is 67.3 Å². The summed E-state index contributed by atoms with van der Waals surface area (Å²) < 4.78 is 0. The molecule has 4 heteroatoms. The molecule has 4 nitrogen and oxygen atoms in total. The van der Waals surface area contributed by atoms with Gasteiger partial charge in [0.05, 0.1) is 0 Å². The van der Waals surface area contributed by atoms with E-state index in [1.165, 1.54) is 0 Å². The number of fused-ring (bicyclic) bond motifs is 1. The van der Waals surface area contributed by atoms with Gasteiger partial charge in [0.2, 0.25) is 11.8 Å². The zero-order chi connectivity index (χ0) is 18.4. The number of benzene rings is 2. The summed E-state index contributed by atoms with van der Waals surface area (Å²) in [5.41, 5.74) is 3.11. The number of hydrogen-bond acceptors (Lipinski definition) is 2. The van der Waals surface area contributed by atoms with Crippen molar-refractivity contribution in [3.8, 4) is 0 Å². The van der Waals surface area contributed by atoms with Crippen LogP contribution in [0.3, 0.4) is 0 Å². The molecule has 0 radical (unpaired) electrons. The lowest BCUT2D eigenvalue weighted by Crippen LogP contribution is -2.34. The van der Waals surface area contributed by atoms with Gasteiger partial charge in [0, 0.05) is 31.1 Å². The third-order valence-corrected chi connectivity index (χ3v) is 4.74. The normalized spacial score (nSPS) is 15.7. The Kier molecular flexibility index (Phi) is 5.84. The van der Waals surface area contributed by atoms with Gasteiger partial charge in [0.15, 0.2) is 0 Å². The number of hydrogen-bond donors (Lipinski definition) is 1. The summed E-state index contributed by atoms with van der Waals surface area (Å²) in [6.07, 6.45) is 3.35. The number of carbonyl (C=O) groups is 2. The molecule has 1 unspecified atom stereocenters. The molecule has 0 saturated carbocycles. The van der Waals surface area contributed by atoms with Crippen LogP contribution in [-0.4, -0.2) is 23.3 Å². The number of rotatable bonds is 7. The van der Waals surface area contributed by atoms with Crippen molar-refractivity contribution in [1.82, 2.24) is 4.90 Å². The molecule has 0 aromatic heterocycles. The van der Waals surface area contributed by atoms with E-state index in [-0.39, 0.29) is 17.7 Å². The van der Waals surface area contributed by atoms with E-state index in [2.05, 4.69) is 11.9 Å². The average Bonchev–Trinajstić information content (AvgIpc) is 2.66. The molecule has 1 aliphatic rings. The summed E-state index contributed by atoms with van der Waals surface area (Å²) in [6.45, 7) is 4.82. The molecule has 0 fully saturated rings. The quantitative estimate of drug-likeness (QED) is 0.774. The van der Waals surface area contributed by atoms with E-state index in [1.807, 2.05) is 54.6 Å². The first-order valence-electron chi connectivity index (χ1n) is 8.98. The minimum absolute atomic E-state index is 0.00910. The van der Waals surface area contributed by atoms with Gasteiger partial charge < -0.3 is 10.2 Å². The average molecular weight is 348 g/mol. The van der Waals surface area contributed by atoms with Gasteiger partial charge in [-0.15, -0.1) is 6.58 Å². The minimum Gasteiger partial charge on any atom is -0.335 e. The fourth-order valence-corrected chi connectivity index (χ4v) is 3.32. The molecule has 1 heterocycles. The Morgan fingerprint density at radius 2 is 1.88 bits per heavy atom. The predicted molar refractivity (Wildman–Crippen MR) is 104 cm³/mol. The Labute approximate surface area is 154 Å². The maximum atomic E-state index is 12.7. The highest BCUT2D eigenvalue weighted by molar-refractivity contribution is 5.96. The standard InChI is InChI=1S/C22H24N2O2/c1-2-14-24(16-17-8-4-3-5-9-17)21(25)13-12-19-15-18-10-6-7-11-20(18)23-22(19)26/h2-11,19H,1,12-16H2,(H,23,26). The van der Waals surface area contributed by atoms with E-state index in [4.69, 9.17) is 0 Å². The molecule has 1 N–H and O–H groups in total. The van der Waals surface area contributed by atoms with Gasteiger partial charge in [-0.3, -0.25) is 9.59 Å². The van der Waals surface area contributed by atoms with E-state index in [0.29, 0.717) is 32.4 Å². The maximum Gasteiger partial charge on any atom is 0.227 e. The molecule has 0 bridgehead atoms. The second-order valence-electron chi connectivity index (χ2n) is 6.63. The largest absolute Gasteiger partial charge is 0.335 e. The highest BCUT2D eigenvalue weighted by atomic mass is 16.2. The molecular formula is C22H24N2O2. The molecule has 1 atom stereocenters. The van der Waals surface area contributed by atoms with Gasteiger partial charge >= 0.3 is 0 Å². The van der Waals surface area contributed by atoms with E-state index in [0.717, 1.165) is 16.8 Å². The lowest BCUT2D eigenvalue weighted by Gasteiger charge is -2.26. The molecule has 3 rings (SSSR count). The first-order valence-corrected chi connectivity index (χ1v) is 8.98. The molecule has 1 aliphatic heterocycles. The highest BCUT2D eigenvalue weighted by Gasteiger charge is 2.27. The molecule has 2 amide bonds. The summed E-state index contributed by atoms with van der Waals surface area (Å²) in [5, 5.41) is 2.95. The van der Waals surface area contributed by atoms with Crippen molar-refractivity contribution >= 4 is 17.5 Å². The van der Waals surface area contributed by atoms with Gasteiger partial charge in [-0.05, 0) is 30.0 Å². The second-order valence-corrected chi connectivity index (χ2v) is 6.63. The van der Waals surface area contributed by atoms with Crippen molar-refractivity contribution in [2.24, 2.45) is 5.92 Å². The number of carbonyl (C=O) groups excluding carboxylic acids is 2. The van der Waals surface area contributed by atoms with Crippen molar-refractivity contribution in [2.75, 3.05) is 11.9 Å². The topological polar surface area (TPSA) is 49.4 Å². The second kappa shape index (κ2) is 8.48. The number of nitrogens with one attached hydrogen (secondary N) is 1. The molecule has 2 aromatic carbocycles. The van der Waals surface area contributed by atoms with Crippen molar-refractivity contribution in [2.45, 2.75) is 25.8 Å². The van der Waals surface area contributed by atoms with Crippen molar-refractivity contribution in [1.29, 1.82) is 0 Å². The Balaban J connectivity index is 1.59. The summed E-state index contributed by atoms with van der Waals surface area (Å²) >= 11 is 0. The van der Waals surface area contributed by atoms with Gasteiger partial charge in [0.1, 0.15) is 0 Å². The molecule has 0 spiro atoms. The maximum absolute atomic E-state index is 12.7. The molecule has 0 aliphatic carbocycles. The van der Waals surface area contributed by atoms with Gasteiger partial charge in [0.25, 0.3) is 0 Å². The molecule has 2 aromatic rings. The molecule has 0 saturated heterocycles. The van der Waals surface area contributed by atoms with E-state index >= 15 is 0 Å². The zero-order valence-electron chi connectivity index (χ0n) is 14.9. The Hall–Kier alpha value is -2.88. The van der Waals surface area contributed by atoms with Crippen molar-refractivity contribution < 1.29 is 9.59 Å². The Bertz CT molecular complexity index is 786. The third kappa shape index (κ3) is 4.39. The summed E-state index contributed by atoms with van der Waals surface area (Å²) in [5.74, 6) is -0.0913. The van der Waals surface area contributed by atoms with Crippen LogP contribution >= 0.6 is 0 Å². The van der Waals surface area contributed by atoms with Crippen LogP contribution in [-0.2, 0) is 22.6 Å². The first kappa shape index (κ1) is 17.9. The molecule has 26 heavy (non-hydrogen) atoms. The van der Waals surface area contributed by atoms with Crippen LogP contribution < -0.4 is 5.32 Å². The van der Waals surface area contributed by atoms with Crippen molar-refractivity contribution in [3.05, 3.63) is 78.4 Å². The smallest absolute Gasteiger partial charge is 0.227 e. The Morgan fingerprint density at radius 1 is 1.15 bits per heavy atom. The lowest BCUT2D eigenvalue weighted by atomic mass is 9.89. The van der Waals surface area contributed by atoms with Crippen LogP contribution in [0.1, 0.15) is 24.0 Å². The van der Waals surface area contributed by atoms with Crippen LogP contribution in [0, 0.1) is 5.92 Å². The van der Waals surface area contributed by atoms with E-state index in [9.17, 15) is 9.59 Å². The number of para-hydroxylation sites is 1. The van der Waals surface area contributed by atoms with Gasteiger partial charge in [-0.25, -0.2) is 0 Å². The summed E-state index contributed by atoms with van der Waals surface area (Å²) in [4.78, 5) is 26.8. The Morgan fingerprint density at radius 3 is 2.65 bits per heavy atom. The van der Waals surface area contributed by atoms with Crippen LogP contribution in [0.5, 0.6) is 0 Å². The first-order chi connectivity index (χ1) is 12.7. The van der Waals surface area contributed by atoms with Crippen LogP contribution in [0.2, 0.25) is 0 Å². The fourth-order valence-electron chi connectivity index (χ4n) is 3.32. The number of amides is 2. The van der Waals surface area contributed by atoms with E-state index in [1.54, 1.807) is 11.0 Å². The summed E-state index contributed by atoms with van der Waals surface area (Å²) in [6, 6.07) is 17.8. The minimum atomic E-state index is -0.156. The molecular weight excluding hydrogens is 324 g/mol. The predicted octanol–water partition coefficient (Wildman–Crippen LogP) is 3.79. The summed E-state index contributed by atoms with van der Waals surface area (Å²) in [7, 11) is 0. The monoisotopic (exact) mass is 348 g/mol. The molecule has 134 valence electrons. The number of anilines is 1. The number of nitrogens with zero attached hydrogens (tertiary/aromatic N) is 1. The fraction of sp³-hybridized carbons (Fsp3) is 0.273. The SMILES string of the molecule is C=CCN(Cc1ccccc1)C(=O)CCC1Cc2ccccc2NC1=O. The third-order valence-electron chi connectivity index (χ3n) is 4.74. The van der Waals surface area contributed by atoms with Gasteiger partial charge in [-0.1, -0.05) is 54.6 Å². The van der Waals surface area contributed by atoms with E-state index < -0.39 is 0 Å².